The molecule has 0 saturated carbocycles. The van der Waals surface area contributed by atoms with Crippen molar-refractivity contribution in [3.8, 4) is 11.5 Å². The molecular formula is C24H31NO3. The van der Waals surface area contributed by atoms with E-state index >= 15 is 0 Å². The molecule has 4 heteroatoms. The lowest BCUT2D eigenvalue weighted by Gasteiger charge is -2.38. The number of carbonyl (C=O) groups is 1. The first-order chi connectivity index (χ1) is 13.2. The van der Waals surface area contributed by atoms with Gasteiger partial charge >= 0.3 is 0 Å². The van der Waals surface area contributed by atoms with Gasteiger partial charge in [-0.3, -0.25) is 4.79 Å². The zero-order chi connectivity index (χ0) is 20.5. The van der Waals surface area contributed by atoms with Crippen LogP contribution in [0.25, 0.3) is 0 Å². The van der Waals surface area contributed by atoms with E-state index in [2.05, 4.69) is 32.2 Å². The molecule has 28 heavy (non-hydrogen) atoms. The maximum atomic E-state index is 13.1. The molecule has 1 aliphatic rings. The van der Waals surface area contributed by atoms with Gasteiger partial charge in [0.25, 0.3) is 5.91 Å². The Morgan fingerprint density at radius 3 is 2.57 bits per heavy atom. The Bertz CT molecular complexity index is 872. The summed E-state index contributed by atoms with van der Waals surface area (Å²) >= 11 is 0. The molecule has 0 fully saturated rings. The van der Waals surface area contributed by atoms with Gasteiger partial charge in [-0.05, 0) is 64.3 Å². The highest BCUT2D eigenvalue weighted by atomic mass is 16.5. The van der Waals surface area contributed by atoms with Crippen LogP contribution in [0.15, 0.2) is 36.4 Å². The van der Waals surface area contributed by atoms with Crippen molar-refractivity contribution in [2.75, 3.05) is 0 Å². The van der Waals surface area contributed by atoms with Crippen molar-refractivity contribution >= 4 is 5.91 Å². The van der Waals surface area contributed by atoms with Crippen LogP contribution in [-0.4, -0.2) is 17.6 Å². The number of hydrogen-bond donors (Lipinski definition) is 1. The maximum absolute atomic E-state index is 13.1. The Kier molecular flexibility index (Phi) is 5.69. The molecule has 0 spiro atoms. The van der Waals surface area contributed by atoms with Crippen molar-refractivity contribution in [3.63, 3.8) is 0 Å². The molecule has 0 radical (unpaired) electrons. The van der Waals surface area contributed by atoms with Crippen LogP contribution in [0.2, 0.25) is 0 Å². The molecule has 1 aliphatic heterocycles. The van der Waals surface area contributed by atoms with Gasteiger partial charge in [-0.1, -0.05) is 36.8 Å². The van der Waals surface area contributed by atoms with E-state index in [0.29, 0.717) is 6.42 Å². The third kappa shape index (κ3) is 4.49. The van der Waals surface area contributed by atoms with Crippen molar-refractivity contribution in [1.29, 1.82) is 0 Å². The molecule has 0 aliphatic carbocycles. The van der Waals surface area contributed by atoms with Crippen LogP contribution in [0.4, 0.5) is 0 Å². The number of nitrogens with one attached hydrogen (secondary N) is 1. The Hall–Kier alpha value is -2.49. The zero-order valence-corrected chi connectivity index (χ0v) is 17.8. The Balaban J connectivity index is 1.80. The summed E-state index contributed by atoms with van der Waals surface area (Å²) in [6, 6.07) is 12.1. The molecule has 3 rings (SSSR count). The van der Waals surface area contributed by atoms with Crippen LogP contribution >= 0.6 is 0 Å². The van der Waals surface area contributed by atoms with Crippen LogP contribution in [0.5, 0.6) is 11.5 Å². The second kappa shape index (κ2) is 7.86. The van der Waals surface area contributed by atoms with E-state index in [1.165, 1.54) is 0 Å². The molecule has 150 valence electrons. The third-order valence-corrected chi connectivity index (χ3v) is 5.22. The lowest BCUT2D eigenvalue weighted by molar-refractivity contribution is -0.129. The Labute approximate surface area is 168 Å². The van der Waals surface area contributed by atoms with Gasteiger partial charge < -0.3 is 14.8 Å². The van der Waals surface area contributed by atoms with Gasteiger partial charge in [0.1, 0.15) is 17.1 Å². The van der Waals surface area contributed by atoms with E-state index < -0.39 is 6.10 Å². The molecule has 1 N–H and O–H groups in total. The monoisotopic (exact) mass is 381 g/mol. The number of carbonyl (C=O) groups excluding carboxylic acids is 1. The fraction of sp³-hybridized carbons (Fsp3) is 0.458. The lowest BCUT2D eigenvalue weighted by atomic mass is 9.88. The van der Waals surface area contributed by atoms with E-state index in [9.17, 15) is 4.79 Å². The molecule has 2 aromatic rings. The highest BCUT2D eigenvalue weighted by molar-refractivity contribution is 5.81. The first-order valence-corrected chi connectivity index (χ1v) is 10.0. The molecule has 2 aromatic carbocycles. The average Bonchev–Trinajstić information content (AvgIpc) is 2.62. The maximum Gasteiger partial charge on any atom is 0.261 e. The number of fused-ring (bicyclic) bond motifs is 1. The van der Waals surface area contributed by atoms with Crippen molar-refractivity contribution in [2.45, 2.75) is 72.1 Å². The lowest BCUT2D eigenvalue weighted by Crippen LogP contribution is -2.45. The Morgan fingerprint density at radius 2 is 1.86 bits per heavy atom. The normalized spacial score (nSPS) is 18.6. The van der Waals surface area contributed by atoms with Crippen molar-refractivity contribution < 1.29 is 14.3 Å². The molecule has 1 amide bonds. The summed E-state index contributed by atoms with van der Waals surface area (Å²) in [5, 5.41) is 3.22. The van der Waals surface area contributed by atoms with Gasteiger partial charge in [-0.15, -0.1) is 0 Å². The quantitative estimate of drug-likeness (QED) is 0.775. The van der Waals surface area contributed by atoms with Crippen LogP contribution < -0.4 is 14.8 Å². The van der Waals surface area contributed by atoms with Crippen molar-refractivity contribution in [3.05, 3.63) is 58.7 Å². The average molecular weight is 382 g/mol. The van der Waals surface area contributed by atoms with Crippen molar-refractivity contribution in [1.82, 2.24) is 5.32 Å². The van der Waals surface area contributed by atoms with Gasteiger partial charge in [0.15, 0.2) is 6.10 Å². The number of benzene rings is 2. The van der Waals surface area contributed by atoms with Crippen LogP contribution in [0, 0.1) is 20.8 Å². The van der Waals surface area contributed by atoms with Crippen LogP contribution in [0.1, 0.15) is 61.9 Å². The molecule has 0 aromatic heterocycles. The zero-order valence-electron chi connectivity index (χ0n) is 17.8. The minimum atomic E-state index is -0.528. The summed E-state index contributed by atoms with van der Waals surface area (Å²) in [5.41, 5.74) is 4.00. The highest BCUT2D eigenvalue weighted by Gasteiger charge is 2.35. The summed E-state index contributed by atoms with van der Waals surface area (Å²) < 4.78 is 12.2. The smallest absolute Gasteiger partial charge is 0.261 e. The molecule has 2 atom stereocenters. The standard InChI is InChI=1S/C24H31NO3/c1-7-20(27-22-13-16(3)8-10-17(22)4)23(26)25-19-14-24(5,6)28-21-11-9-15(2)12-18(19)21/h8-13,19-20H,7,14H2,1-6H3,(H,25,26)/t19-,20-/m1/s1. The van der Waals surface area contributed by atoms with E-state index in [4.69, 9.17) is 9.47 Å². The minimum absolute atomic E-state index is 0.0847. The number of hydrogen-bond acceptors (Lipinski definition) is 3. The summed E-state index contributed by atoms with van der Waals surface area (Å²) in [6.45, 7) is 12.2. The van der Waals surface area contributed by atoms with Crippen LogP contribution in [0.3, 0.4) is 0 Å². The first-order valence-electron chi connectivity index (χ1n) is 10.0. The fourth-order valence-electron chi connectivity index (χ4n) is 3.68. The molecule has 0 saturated heterocycles. The predicted octanol–water partition coefficient (Wildman–Crippen LogP) is 5.19. The summed E-state index contributed by atoms with van der Waals surface area (Å²) in [5.74, 6) is 1.53. The van der Waals surface area contributed by atoms with E-state index in [0.717, 1.165) is 40.2 Å². The van der Waals surface area contributed by atoms with Gasteiger partial charge in [-0.25, -0.2) is 0 Å². The topological polar surface area (TPSA) is 47.6 Å². The van der Waals surface area contributed by atoms with Gasteiger partial charge in [-0.2, -0.15) is 0 Å². The van der Waals surface area contributed by atoms with E-state index in [-0.39, 0.29) is 17.6 Å². The molecular weight excluding hydrogens is 350 g/mol. The largest absolute Gasteiger partial charge is 0.487 e. The van der Waals surface area contributed by atoms with E-state index in [1.54, 1.807) is 0 Å². The highest BCUT2D eigenvalue weighted by Crippen LogP contribution is 2.40. The summed E-state index contributed by atoms with van der Waals surface area (Å²) in [4.78, 5) is 13.1. The van der Waals surface area contributed by atoms with Gasteiger partial charge in [0.05, 0.1) is 6.04 Å². The SMILES string of the molecule is CC[C@@H](Oc1cc(C)ccc1C)C(=O)N[C@@H]1CC(C)(C)Oc2ccc(C)cc21. The second-order valence-electron chi connectivity index (χ2n) is 8.45. The number of rotatable bonds is 5. The predicted molar refractivity (Wildman–Crippen MR) is 112 cm³/mol. The number of aryl methyl sites for hydroxylation is 3. The number of amides is 1. The van der Waals surface area contributed by atoms with Crippen molar-refractivity contribution in [2.24, 2.45) is 0 Å². The molecule has 0 bridgehead atoms. The summed E-state index contributed by atoms with van der Waals surface area (Å²) in [6.07, 6.45) is 0.793. The molecule has 1 heterocycles. The Morgan fingerprint density at radius 1 is 1.18 bits per heavy atom. The second-order valence-corrected chi connectivity index (χ2v) is 8.45. The van der Waals surface area contributed by atoms with Gasteiger partial charge in [0.2, 0.25) is 0 Å². The van der Waals surface area contributed by atoms with Gasteiger partial charge in [0, 0.05) is 12.0 Å². The van der Waals surface area contributed by atoms with Crippen LogP contribution in [-0.2, 0) is 4.79 Å². The molecule has 4 nitrogen and oxygen atoms in total. The third-order valence-electron chi connectivity index (χ3n) is 5.22. The minimum Gasteiger partial charge on any atom is -0.487 e. The summed E-state index contributed by atoms with van der Waals surface area (Å²) in [7, 11) is 0. The number of ether oxygens (including phenoxy) is 2. The fourth-order valence-corrected chi connectivity index (χ4v) is 3.68. The van der Waals surface area contributed by atoms with E-state index in [1.807, 2.05) is 51.1 Å². The first kappa shape index (κ1) is 20.2. The molecule has 0 unspecified atom stereocenters.